The van der Waals surface area contributed by atoms with Gasteiger partial charge in [-0.2, -0.15) is 0 Å². The molecule has 0 radical (unpaired) electrons. The van der Waals surface area contributed by atoms with Gasteiger partial charge in [0.15, 0.2) is 0 Å². The highest BCUT2D eigenvalue weighted by Crippen LogP contribution is 2.41. The Kier molecular flexibility index (Phi) is 6.77. The molecule has 37 heavy (non-hydrogen) atoms. The minimum atomic E-state index is -0.992. The Morgan fingerprint density at radius 1 is 1.22 bits per heavy atom. The van der Waals surface area contributed by atoms with Crippen molar-refractivity contribution >= 4 is 27.5 Å². The molecule has 6 nitrogen and oxygen atoms in total. The average Bonchev–Trinajstić information content (AvgIpc) is 3.46. The van der Waals surface area contributed by atoms with Gasteiger partial charge in [-0.1, -0.05) is 24.3 Å². The predicted molar refractivity (Wildman–Crippen MR) is 143 cm³/mol. The zero-order chi connectivity index (χ0) is 25.6. The number of nitrogens with zero attached hydrogens (tertiary/aromatic N) is 1. The van der Waals surface area contributed by atoms with E-state index in [9.17, 15) is 14.3 Å². The van der Waals surface area contributed by atoms with Gasteiger partial charge < -0.3 is 10.4 Å². The lowest BCUT2D eigenvalue weighted by Crippen LogP contribution is -2.49. The van der Waals surface area contributed by atoms with E-state index in [0.29, 0.717) is 30.4 Å². The number of aliphatic hydroxyl groups is 1. The Morgan fingerprint density at radius 2 is 2.08 bits per heavy atom. The molecule has 6 rings (SSSR count). The number of aryl methyl sites for hydroxylation is 1. The van der Waals surface area contributed by atoms with Crippen molar-refractivity contribution in [1.82, 2.24) is 21.2 Å². The molecule has 2 saturated carbocycles. The highest BCUT2D eigenvalue weighted by Gasteiger charge is 2.43. The largest absolute Gasteiger partial charge is 0.389 e. The van der Waals surface area contributed by atoms with Gasteiger partial charge in [-0.05, 0) is 87.1 Å². The highest BCUT2D eigenvalue weighted by molar-refractivity contribution is 7.18. The predicted octanol–water partition coefficient (Wildman–Crippen LogP) is 4.71. The Balaban J connectivity index is 1.10. The molecule has 1 amide bonds. The molecule has 2 aliphatic carbocycles. The van der Waals surface area contributed by atoms with E-state index in [2.05, 4.69) is 39.4 Å². The van der Waals surface area contributed by atoms with Crippen LogP contribution in [0.5, 0.6) is 0 Å². The number of amides is 1. The SMILES string of the molecule is Cc1nc2ccc(C3NNC4CCC(C(=O)N[C@@H]5CCC[C@](O)(Cc6ccccc6F)C5)CC43)cc2s1. The van der Waals surface area contributed by atoms with Crippen LogP contribution in [-0.4, -0.2) is 33.7 Å². The summed E-state index contributed by atoms with van der Waals surface area (Å²) in [4.78, 5) is 18.0. The summed E-state index contributed by atoms with van der Waals surface area (Å²) in [6, 6.07) is 13.6. The van der Waals surface area contributed by atoms with Crippen molar-refractivity contribution in [2.75, 3.05) is 0 Å². The van der Waals surface area contributed by atoms with E-state index in [1.165, 1.54) is 16.3 Å². The van der Waals surface area contributed by atoms with Crippen LogP contribution in [0.15, 0.2) is 42.5 Å². The third kappa shape index (κ3) is 5.17. The van der Waals surface area contributed by atoms with Gasteiger partial charge >= 0.3 is 0 Å². The van der Waals surface area contributed by atoms with E-state index in [0.717, 1.165) is 42.6 Å². The summed E-state index contributed by atoms with van der Waals surface area (Å²) in [6.45, 7) is 2.03. The maximum atomic E-state index is 14.2. The summed E-state index contributed by atoms with van der Waals surface area (Å²) in [6.07, 6.45) is 5.68. The van der Waals surface area contributed by atoms with Gasteiger partial charge in [-0.25, -0.2) is 14.8 Å². The van der Waals surface area contributed by atoms with Crippen LogP contribution in [0.3, 0.4) is 0 Å². The second-order valence-electron chi connectivity index (χ2n) is 11.3. The van der Waals surface area contributed by atoms with Gasteiger partial charge in [0.25, 0.3) is 0 Å². The second kappa shape index (κ2) is 10.1. The molecule has 1 aromatic heterocycles. The summed E-state index contributed by atoms with van der Waals surface area (Å²) in [5, 5.41) is 15.6. The molecule has 3 fully saturated rings. The first-order chi connectivity index (χ1) is 17.9. The minimum Gasteiger partial charge on any atom is -0.389 e. The van der Waals surface area contributed by atoms with E-state index < -0.39 is 5.60 Å². The van der Waals surface area contributed by atoms with Gasteiger partial charge in [0.2, 0.25) is 5.91 Å². The Labute approximate surface area is 221 Å². The fraction of sp³-hybridized carbons (Fsp3) is 0.517. The molecular formula is C29H35FN4O2S. The summed E-state index contributed by atoms with van der Waals surface area (Å²) < 4.78 is 15.4. The molecule has 4 N–H and O–H groups in total. The van der Waals surface area contributed by atoms with Crippen LogP contribution in [0.1, 0.15) is 67.1 Å². The summed E-state index contributed by atoms with van der Waals surface area (Å²) >= 11 is 1.72. The minimum absolute atomic E-state index is 0.0404. The number of rotatable bonds is 5. The van der Waals surface area contributed by atoms with Crippen LogP contribution in [0.2, 0.25) is 0 Å². The first-order valence-corrected chi connectivity index (χ1v) is 14.3. The van der Waals surface area contributed by atoms with E-state index in [-0.39, 0.29) is 36.1 Å². The standard InChI is InChI=1S/C29H35FN4O2S/c1-17-31-25-11-8-18(14-26(25)37-17)27-22-13-19(9-10-24(22)33-34-27)28(35)32-21-6-4-12-29(36,16-21)15-20-5-2-3-7-23(20)30/h2-3,5,7-8,11,14,19,21-22,24,27,33-34,36H,4,6,9-10,12-13,15-16H2,1H3,(H,32,35)/t19?,21-,22?,24?,27?,29+/m1/s1. The number of halogens is 1. The molecule has 0 spiro atoms. The van der Waals surface area contributed by atoms with Crippen molar-refractivity contribution in [2.24, 2.45) is 11.8 Å². The normalized spacial score (nSPS) is 31.8. The van der Waals surface area contributed by atoms with Crippen molar-refractivity contribution in [1.29, 1.82) is 0 Å². The van der Waals surface area contributed by atoms with Crippen molar-refractivity contribution < 1.29 is 14.3 Å². The van der Waals surface area contributed by atoms with Crippen LogP contribution in [-0.2, 0) is 11.2 Å². The molecule has 1 saturated heterocycles. The van der Waals surface area contributed by atoms with Crippen molar-refractivity contribution in [3.63, 3.8) is 0 Å². The van der Waals surface area contributed by atoms with E-state index in [4.69, 9.17) is 0 Å². The Bertz CT molecular complexity index is 1300. The molecule has 0 bridgehead atoms. The van der Waals surface area contributed by atoms with Crippen LogP contribution >= 0.6 is 11.3 Å². The quantitative estimate of drug-likeness (QED) is 0.390. The van der Waals surface area contributed by atoms with Gasteiger partial charge in [-0.3, -0.25) is 10.2 Å². The van der Waals surface area contributed by atoms with Gasteiger partial charge in [0.05, 0.1) is 26.9 Å². The monoisotopic (exact) mass is 522 g/mol. The number of fused-ring (bicyclic) bond motifs is 2. The van der Waals surface area contributed by atoms with Crippen LogP contribution in [0, 0.1) is 24.6 Å². The number of carbonyl (C=O) groups excluding carboxylic acids is 1. The maximum absolute atomic E-state index is 14.2. The molecule has 196 valence electrons. The number of hydrogen-bond acceptors (Lipinski definition) is 6. The molecule has 2 aromatic carbocycles. The number of hydrazine groups is 1. The van der Waals surface area contributed by atoms with E-state index in [1.54, 1.807) is 29.5 Å². The second-order valence-corrected chi connectivity index (χ2v) is 12.5. The third-order valence-electron chi connectivity index (χ3n) is 8.65. The number of nitrogens with one attached hydrogen (secondary N) is 3. The average molecular weight is 523 g/mol. The van der Waals surface area contributed by atoms with Crippen molar-refractivity contribution in [3.8, 4) is 0 Å². The van der Waals surface area contributed by atoms with Crippen LogP contribution in [0.4, 0.5) is 4.39 Å². The molecule has 4 unspecified atom stereocenters. The fourth-order valence-electron chi connectivity index (χ4n) is 6.81. The number of aromatic nitrogens is 1. The fourth-order valence-corrected chi connectivity index (χ4v) is 7.69. The lowest BCUT2D eigenvalue weighted by Gasteiger charge is -2.39. The van der Waals surface area contributed by atoms with E-state index >= 15 is 0 Å². The van der Waals surface area contributed by atoms with Crippen molar-refractivity contribution in [3.05, 3.63) is 64.4 Å². The summed E-state index contributed by atoms with van der Waals surface area (Å²) in [5.41, 5.74) is 8.81. The maximum Gasteiger partial charge on any atom is 0.223 e. The van der Waals surface area contributed by atoms with Gasteiger partial charge in [0.1, 0.15) is 5.82 Å². The molecule has 1 aliphatic heterocycles. The van der Waals surface area contributed by atoms with Crippen LogP contribution < -0.4 is 16.2 Å². The number of thiazole rings is 1. The molecule has 8 heteroatoms. The zero-order valence-electron chi connectivity index (χ0n) is 21.2. The third-order valence-corrected chi connectivity index (χ3v) is 9.58. The first kappa shape index (κ1) is 24.9. The van der Waals surface area contributed by atoms with Gasteiger partial charge in [0, 0.05) is 24.4 Å². The topological polar surface area (TPSA) is 86.3 Å². The van der Waals surface area contributed by atoms with Crippen molar-refractivity contribution in [2.45, 2.75) is 82.0 Å². The summed E-state index contributed by atoms with van der Waals surface area (Å²) in [7, 11) is 0. The summed E-state index contributed by atoms with van der Waals surface area (Å²) in [5.74, 6) is 0.108. The van der Waals surface area contributed by atoms with Gasteiger partial charge in [-0.15, -0.1) is 11.3 Å². The Hall–Kier alpha value is -2.39. The lowest BCUT2D eigenvalue weighted by molar-refractivity contribution is -0.128. The number of benzene rings is 2. The van der Waals surface area contributed by atoms with Crippen LogP contribution in [0.25, 0.3) is 10.2 Å². The Morgan fingerprint density at radius 3 is 2.95 bits per heavy atom. The molecular weight excluding hydrogens is 487 g/mol. The number of carbonyl (C=O) groups is 1. The number of hydrogen-bond donors (Lipinski definition) is 4. The van der Waals surface area contributed by atoms with E-state index in [1.807, 2.05) is 6.92 Å². The zero-order valence-corrected chi connectivity index (χ0v) is 22.0. The smallest absolute Gasteiger partial charge is 0.223 e. The molecule has 2 heterocycles. The molecule has 3 aliphatic rings. The molecule has 3 aromatic rings. The highest BCUT2D eigenvalue weighted by atomic mass is 32.1. The molecule has 6 atom stereocenters. The first-order valence-electron chi connectivity index (χ1n) is 13.5. The lowest BCUT2D eigenvalue weighted by atomic mass is 9.73.